The summed E-state index contributed by atoms with van der Waals surface area (Å²) in [4.78, 5) is 39.3. The van der Waals surface area contributed by atoms with Crippen LogP contribution in [0, 0.1) is 18.8 Å². The number of pyridine rings is 1. The summed E-state index contributed by atoms with van der Waals surface area (Å²) in [5, 5.41) is 6.80. The summed E-state index contributed by atoms with van der Waals surface area (Å²) in [6.07, 6.45) is 4.89. The van der Waals surface area contributed by atoms with Crippen LogP contribution in [0.2, 0.25) is 0 Å². The molecule has 0 radical (unpaired) electrons. The maximum Gasteiger partial charge on any atom is 0.343 e. The maximum absolute atomic E-state index is 13.1. The van der Waals surface area contributed by atoms with Crippen LogP contribution in [0.15, 0.2) is 27.9 Å². The monoisotopic (exact) mass is 371 g/mol. The summed E-state index contributed by atoms with van der Waals surface area (Å²) >= 11 is 0. The van der Waals surface area contributed by atoms with Gasteiger partial charge in [-0.3, -0.25) is 14.2 Å². The van der Waals surface area contributed by atoms with E-state index in [1.54, 1.807) is 29.8 Å². The molecule has 3 heterocycles. The number of rotatable bonds is 5. The minimum Gasteiger partial charge on any atom is -0.331 e. The number of carbonyl (C=O) groups excluding carboxylic acids is 1. The zero-order valence-electron chi connectivity index (χ0n) is 15.7. The van der Waals surface area contributed by atoms with Gasteiger partial charge in [-0.15, -0.1) is 0 Å². The summed E-state index contributed by atoms with van der Waals surface area (Å²) in [7, 11) is 0. The average molecular weight is 371 g/mol. The van der Waals surface area contributed by atoms with Crippen molar-refractivity contribution in [1.82, 2.24) is 24.2 Å². The molecule has 0 bridgehead atoms. The third-order valence-electron chi connectivity index (χ3n) is 5.88. The van der Waals surface area contributed by atoms with Crippen molar-refractivity contribution < 1.29 is 4.79 Å². The summed E-state index contributed by atoms with van der Waals surface area (Å²) in [5.41, 5.74) is 0.230. The third kappa shape index (κ3) is 3.13. The van der Waals surface area contributed by atoms with E-state index in [4.69, 9.17) is 0 Å². The Kier molecular flexibility index (Phi) is 4.49. The van der Waals surface area contributed by atoms with Gasteiger partial charge in [0.05, 0.1) is 6.04 Å². The number of aromatic amines is 1. The van der Waals surface area contributed by atoms with Gasteiger partial charge in [-0.2, -0.15) is 5.10 Å². The smallest absolute Gasteiger partial charge is 0.331 e. The molecule has 2 unspecified atom stereocenters. The van der Waals surface area contributed by atoms with Gasteiger partial charge in [0.2, 0.25) is 5.91 Å². The van der Waals surface area contributed by atoms with Crippen LogP contribution in [0.4, 0.5) is 0 Å². The molecule has 8 nitrogen and oxygen atoms in total. The minimum atomic E-state index is -0.240. The van der Waals surface area contributed by atoms with Crippen molar-refractivity contribution in [3.05, 3.63) is 50.6 Å². The van der Waals surface area contributed by atoms with Gasteiger partial charge in [0, 0.05) is 24.8 Å². The standard InChI is InChI=1S/C19H25N5O3/c1-3-23-17(20-21-19(23)27)16-14(13-6-7-13)8-10-24(16)15(25)11-22-9-4-5-12(2)18(22)26/h4-5,9,13-14,16H,3,6-8,10-11H2,1-2H3,(H,21,27). The van der Waals surface area contributed by atoms with Gasteiger partial charge in [-0.05, 0) is 51.0 Å². The van der Waals surface area contributed by atoms with E-state index in [2.05, 4.69) is 10.2 Å². The average Bonchev–Trinajstić information content (AvgIpc) is 3.29. The quantitative estimate of drug-likeness (QED) is 0.851. The van der Waals surface area contributed by atoms with Crippen LogP contribution in [-0.4, -0.2) is 36.7 Å². The van der Waals surface area contributed by atoms with Crippen molar-refractivity contribution in [3.8, 4) is 0 Å². The first-order chi connectivity index (χ1) is 13.0. The van der Waals surface area contributed by atoms with E-state index in [-0.39, 0.29) is 29.7 Å². The Labute approximate surface area is 156 Å². The Bertz CT molecular complexity index is 968. The summed E-state index contributed by atoms with van der Waals surface area (Å²) in [6.45, 7) is 4.80. The van der Waals surface area contributed by atoms with Crippen LogP contribution >= 0.6 is 0 Å². The molecule has 2 fully saturated rings. The van der Waals surface area contributed by atoms with Crippen molar-refractivity contribution in [2.45, 2.75) is 52.2 Å². The lowest BCUT2D eigenvalue weighted by molar-refractivity contribution is -0.133. The van der Waals surface area contributed by atoms with Gasteiger partial charge >= 0.3 is 5.69 Å². The van der Waals surface area contributed by atoms with Gasteiger partial charge < -0.3 is 9.47 Å². The number of hydrogen-bond acceptors (Lipinski definition) is 4. The number of H-pyrrole nitrogens is 1. The highest BCUT2D eigenvalue weighted by Gasteiger charge is 2.47. The predicted molar refractivity (Wildman–Crippen MR) is 99.2 cm³/mol. The SMILES string of the molecule is CCn1c(C2C(C3CC3)CCN2C(=O)Cn2cccc(C)c2=O)n[nH]c1=O. The second-order valence-corrected chi connectivity index (χ2v) is 7.58. The van der Waals surface area contributed by atoms with Crippen LogP contribution < -0.4 is 11.2 Å². The molecule has 2 aromatic heterocycles. The number of amides is 1. The molecular formula is C19H25N5O3. The summed E-state index contributed by atoms with van der Waals surface area (Å²) in [6, 6.07) is 3.32. The van der Waals surface area contributed by atoms with E-state index < -0.39 is 0 Å². The van der Waals surface area contributed by atoms with Gasteiger partial charge in [0.15, 0.2) is 5.82 Å². The normalized spacial score (nSPS) is 22.4. The lowest BCUT2D eigenvalue weighted by Crippen LogP contribution is -2.38. The number of aromatic nitrogens is 4. The van der Waals surface area contributed by atoms with Crippen molar-refractivity contribution in [2.75, 3.05) is 6.54 Å². The number of aryl methyl sites for hydroxylation is 1. The van der Waals surface area contributed by atoms with E-state index in [1.807, 2.05) is 11.8 Å². The second kappa shape index (κ2) is 6.83. The molecule has 1 amide bonds. The van der Waals surface area contributed by atoms with Gasteiger partial charge in [0.25, 0.3) is 5.56 Å². The van der Waals surface area contributed by atoms with Crippen molar-refractivity contribution >= 4 is 5.91 Å². The Morgan fingerprint density at radius 2 is 2.07 bits per heavy atom. The molecule has 1 N–H and O–H groups in total. The molecular weight excluding hydrogens is 346 g/mol. The molecule has 1 saturated heterocycles. The van der Waals surface area contributed by atoms with Crippen LogP contribution in [0.5, 0.6) is 0 Å². The topological polar surface area (TPSA) is 93.0 Å². The zero-order chi connectivity index (χ0) is 19.1. The van der Waals surface area contributed by atoms with Crippen molar-refractivity contribution in [2.24, 2.45) is 11.8 Å². The molecule has 0 spiro atoms. The highest BCUT2D eigenvalue weighted by Crippen LogP contribution is 2.49. The molecule has 0 aromatic carbocycles. The second-order valence-electron chi connectivity index (χ2n) is 7.58. The first-order valence-electron chi connectivity index (χ1n) is 9.62. The Morgan fingerprint density at radius 3 is 2.78 bits per heavy atom. The Hall–Kier alpha value is -2.64. The molecule has 8 heteroatoms. The number of likely N-dealkylation sites (tertiary alicyclic amines) is 1. The number of nitrogens with one attached hydrogen (secondary N) is 1. The van der Waals surface area contributed by atoms with E-state index in [9.17, 15) is 14.4 Å². The number of carbonyl (C=O) groups is 1. The Balaban J connectivity index is 1.66. The molecule has 1 aliphatic heterocycles. The highest BCUT2D eigenvalue weighted by atomic mass is 16.2. The molecule has 2 aromatic rings. The zero-order valence-corrected chi connectivity index (χ0v) is 15.7. The highest BCUT2D eigenvalue weighted by molar-refractivity contribution is 5.77. The van der Waals surface area contributed by atoms with Crippen molar-refractivity contribution in [1.29, 1.82) is 0 Å². The van der Waals surface area contributed by atoms with Crippen LogP contribution in [0.3, 0.4) is 0 Å². The number of hydrogen-bond donors (Lipinski definition) is 1. The van der Waals surface area contributed by atoms with Gasteiger partial charge in [-0.25, -0.2) is 9.89 Å². The fraction of sp³-hybridized carbons (Fsp3) is 0.579. The van der Waals surface area contributed by atoms with E-state index in [0.29, 0.717) is 36.3 Å². The molecule has 2 atom stereocenters. The first kappa shape index (κ1) is 17.8. The number of nitrogens with zero attached hydrogens (tertiary/aromatic N) is 4. The van der Waals surface area contributed by atoms with Crippen LogP contribution in [0.25, 0.3) is 0 Å². The van der Waals surface area contributed by atoms with Crippen molar-refractivity contribution in [3.63, 3.8) is 0 Å². The fourth-order valence-electron chi connectivity index (χ4n) is 4.32. The molecule has 1 saturated carbocycles. The lowest BCUT2D eigenvalue weighted by Gasteiger charge is -2.28. The largest absolute Gasteiger partial charge is 0.343 e. The molecule has 1 aliphatic carbocycles. The Morgan fingerprint density at radius 1 is 1.30 bits per heavy atom. The van der Waals surface area contributed by atoms with Crippen LogP contribution in [0.1, 0.15) is 43.6 Å². The van der Waals surface area contributed by atoms with E-state index in [0.717, 1.165) is 6.42 Å². The van der Waals surface area contributed by atoms with Gasteiger partial charge in [0.1, 0.15) is 6.54 Å². The van der Waals surface area contributed by atoms with E-state index in [1.165, 1.54) is 17.4 Å². The van der Waals surface area contributed by atoms with Gasteiger partial charge in [-0.1, -0.05) is 6.07 Å². The summed E-state index contributed by atoms with van der Waals surface area (Å²) < 4.78 is 3.07. The molecule has 144 valence electrons. The lowest BCUT2D eigenvalue weighted by atomic mass is 9.94. The van der Waals surface area contributed by atoms with Crippen LogP contribution in [-0.2, 0) is 17.9 Å². The maximum atomic E-state index is 13.1. The predicted octanol–water partition coefficient (Wildman–Crippen LogP) is 1.06. The third-order valence-corrected chi connectivity index (χ3v) is 5.88. The summed E-state index contributed by atoms with van der Waals surface area (Å²) in [5.74, 6) is 1.45. The molecule has 4 rings (SSSR count). The molecule has 2 aliphatic rings. The minimum absolute atomic E-state index is 0.00911. The fourth-order valence-corrected chi connectivity index (χ4v) is 4.32. The molecule has 27 heavy (non-hydrogen) atoms. The van der Waals surface area contributed by atoms with E-state index >= 15 is 0 Å². The first-order valence-corrected chi connectivity index (χ1v) is 9.62.